The van der Waals surface area contributed by atoms with Gasteiger partial charge in [0.15, 0.2) is 0 Å². The third-order valence-electron chi connectivity index (χ3n) is 4.99. The van der Waals surface area contributed by atoms with E-state index in [9.17, 15) is 4.79 Å². The van der Waals surface area contributed by atoms with Gasteiger partial charge in [0.25, 0.3) is 5.91 Å². The van der Waals surface area contributed by atoms with E-state index in [-0.39, 0.29) is 5.91 Å². The van der Waals surface area contributed by atoms with Crippen molar-refractivity contribution < 1.29 is 4.79 Å². The Kier molecular flexibility index (Phi) is 6.48. The van der Waals surface area contributed by atoms with Crippen molar-refractivity contribution >= 4 is 39.8 Å². The predicted octanol–water partition coefficient (Wildman–Crippen LogP) is 4.12. The molecule has 4 aromatic rings. The van der Waals surface area contributed by atoms with Crippen LogP contribution in [-0.2, 0) is 0 Å². The van der Waals surface area contributed by atoms with Gasteiger partial charge in [-0.15, -0.1) is 11.3 Å². The summed E-state index contributed by atoms with van der Waals surface area (Å²) in [5.74, 6) is 0.403. The van der Waals surface area contributed by atoms with Crippen molar-refractivity contribution in [2.24, 2.45) is 0 Å². The number of aromatic nitrogens is 4. The first-order valence-electron chi connectivity index (χ1n) is 10.5. The highest BCUT2D eigenvalue weighted by Crippen LogP contribution is 2.27. The number of H-pyrrole nitrogens is 1. The van der Waals surface area contributed by atoms with Crippen LogP contribution in [0.25, 0.3) is 22.3 Å². The Balaban J connectivity index is 1.47. The molecule has 0 fully saturated rings. The van der Waals surface area contributed by atoms with E-state index >= 15 is 0 Å². The van der Waals surface area contributed by atoms with Crippen molar-refractivity contribution in [3.8, 4) is 11.4 Å². The summed E-state index contributed by atoms with van der Waals surface area (Å²) in [6.45, 7) is 5.62. The molecule has 3 heterocycles. The minimum absolute atomic E-state index is 0.0978. The summed E-state index contributed by atoms with van der Waals surface area (Å²) in [7, 11) is 4.04. The van der Waals surface area contributed by atoms with Crippen LogP contribution in [0.2, 0.25) is 0 Å². The molecule has 0 aliphatic heterocycles. The second-order valence-corrected chi connectivity index (χ2v) is 9.33. The Bertz CT molecular complexity index is 1240. The molecule has 8 nitrogen and oxygen atoms in total. The molecular weight excluding hydrogens is 422 g/mol. The maximum Gasteiger partial charge on any atom is 0.267 e. The summed E-state index contributed by atoms with van der Waals surface area (Å²) in [4.78, 5) is 32.4. The lowest BCUT2D eigenvalue weighted by atomic mass is 10.2. The average Bonchev–Trinajstić information content (AvgIpc) is 3.33. The first kappa shape index (κ1) is 21.9. The summed E-state index contributed by atoms with van der Waals surface area (Å²) >= 11 is 1.66. The van der Waals surface area contributed by atoms with E-state index in [4.69, 9.17) is 0 Å². The van der Waals surface area contributed by atoms with Crippen molar-refractivity contribution in [1.82, 2.24) is 30.2 Å². The number of aryl methyl sites for hydroxylation is 2. The zero-order chi connectivity index (χ0) is 22.7. The minimum Gasteiger partial charge on any atom is -0.351 e. The summed E-state index contributed by atoms with van der Waals surface area (Å²) in [6, 6.07) is 9.58. The third kappa shape index (κ3) is 5.12. The first-order chi connectivity index (χ1) is 15.4. The zero-order valence-electron chi connectivity index (χ0n) is 18.7. The molecule has 0 unspecified atom stereocenters. The number of nitrogens with zero attached hydrogens (tertiary/aromatic N) is 4. The molecule has 9 heteroatoms. The normalized spacial score (nSPS) is 11.3. The summed E-state index contributed by atoms with van der Waals surface area (Å²) in [5, 5.41) is 8.17. The van der Waals surface area contributed by atoms with Gasteiger partial charge in [-0.2, -0.15) is 0 Å². The fourth-order valence-electron chi connectivity index (χ4n) is 3.47. The maximum absolute atomic E-state index is 12.4. The van der Waals surface area contributed by atoms with Crippen molar-refractivity contribution in [2.75, 3.05) is 32.5 Å². The highest BCUT2D eigenvalue weighted by atomic mass is 32.1. The standard InChI is InChI=1S/C23H27N7OS/c1-14-21(26-15(2)32-14)19-8-10-25-23(29-19)27-17-6-7-18-16(12-17)13-20(28-18)22(31)24-9-5-11-30(3)4/h6-8,10,12-13,28H,5,9,11H2,1-4H3,(H,24,31)(H,25,27,29). The van der Waals surface area contributed by atoms with Gasteiger partial charge in [-0.1, -0.05) is 0 Å². The molecule has 0 radical (unpaired) electrons. The van der Waals surface area contributed by atoms with Gasteiger partial charge >= 0.3 is 0 Å². The monoisotopic (exact) mass is 449 g/mol. The number of amides is 1. The van der Waals surface area contributed by atoms with Crippen LogP contribution < -0.4 is 10.6 Å². The highest BCUT2D eigenvalue weighted by molar-refractivity contribution is 7.11. The molecule has 1 amide bonds. The van der Waals surface area contributed by atoms with E-state index in [0.717, 1.165) is 50.8 Å². The number of carbonyl (C=O) groups is 1. The van der Waals surface area contributed by atoms with Gasteiger partial charge < -0.3 is 20.5 Å². The molecule has 1 aromatic carbocycles. The van der Waals surface area contributed by atoms with Crippen molar-refractivity contribution in [2.45, 2.75) is 20.3 Å². The van der Waals surface area contributed by atoms with Crippen molar-refractivity contribution in [1.29, 1.82) is 0 Å². The zero-order valence-corrected chi connectivity index (χ0v) is 19.5. The number of nitrogens with one attached hydrogen (secondary N) is 3. The van der Waals surface area contributed by atoms with Crippen LogP contribution in [0.3, 0.4) is 0 Å². The number of rotatable bonds is 8. The Morgan fingerprint density at radius 3 is 2.75 bits per heavy atom. The molecular formula is C23H27N7OS. The molecule has 32 heavy (non-hydrogen) atoms. The fraction of sp³-hybridized carbons (Fsp3) is 0.304. The third-order valence-corrected chi connectivity index (χ3v) is 5.88. The van der Waals surface area contributed by atoms with Gasteiger partial charge in [-0.25, -0.2) is 15.0 Å². The van der Waals surface area contributed by atoms with Crippen LogP contribution in [0.1, 0.15) is 26.8 Å². The molecule has 0 saturated heterocycles. The number of carbonyl (C=O) groups excluding carboxylic acids is 1. The number of hydrogen-bond donors (Lipinski definition) is 3. The molecule has 4 rings (SSSR count). The van der Waals surface area contributed by atoms with Gasteiger partial charge in [0.2, 0.25) is 5.95 Å². The molecule has 0 atom stereocenters. The van der Waals surface area contributed by atoms with Gasteiger partial charge in [0.1, 0.15) is 11.4 Å². The second-order valence-electron chi connectivity index (χ2n) is 7.93. The maximum atomic E-state index is 12.4. The quantitative estimate of drug-likeness (QED) is 0.350. The Morgan fingerprint density at radius 1 is 1.16 bits per heavy atom. The van der Waals surface area contributed by atoms with Crippen molar-refractivity contribution in [3.05, 3.63) is 52.1 Å². The van der Waals surface area contributed by atoms with E-state index in [0.29, 0.717) is 18.2 Å². The largest absolute Gasteiger partial charge is 0.351 e. The number of thiazole rings is 1. The van der Waals surface area contributed by atoms with E-state index in [1.807, 2.05) is 58.3 Å². The van der Waals surface area contributed by atoms with E-state index in [1.165, 1.54) is 0 Å². The average molecular weight is 450 g/mol. The molecule has 166 valence electrons. The van der Waals surface area contributed by atoms with Crippen LogP contribution in [0.4, 0.5) is 11.6 Å². The van der Waals surface area contributed by atoms with Crippen molar-refractivity contribution in [3.63, 3.8) is 0 Å². The van der Waals surface area contributed by atoms with Gasteiger partial charge in [-0.05, 0) is 71.2 Å². The van der Waals surface area contributed by atoms with Gasteiger partial charge in [-0.3, -0.25) is 4.79 Å². The summed E-state index contributed by atoms with van der Waals surface area (Å²) in [5.41, 5.74) is 3.98. The van der Waals surface area contributed by atoms with E-state index in [2.05, 4.69) is 35.5 Å². The Labute approximate surface area is 191 Å². The number of benzene rings is 1. The number of aromatic amines is 1. The molecule has 0 aliphatic carbocycles. The fourth-order valence-corrected chi connectivity index (χ4v) is 4.30. The molecule has 0 bridgehead atoms. The molecule has 3 N–H and O–H groups in total. The Hall–Kier alpha value is -3.30. The smallest absolute Gasteiger partial charge is 0.267 e. The highest BCUT2D eigenvalue weighted by Gasteiger charge is 2.12. The van der Waals surface area contributed by atoms with Crippen LogP contribution >= 0.6 is 11.3 Å². The molecule has 3 aromatic heterocycles. The van der Waals surface area contributed by atoms with Gasteiger partial charge in [0.05, 0.1) is 10.7 Å². The van der Waals surface area contributed by atoms with Crippen LogP contribution in [-0.4, -0.2) is 57.9 Å². The molecule has 0 aliphatic rings. The van der Waals surface area contributed by atoms with Gasteiger partial charge in [0, 0.05) is 34.2 Å². The van der Waals surface area contributed by atoms with Crippen LogP contribution in [0.15, 0.2) is 36.5 Å². The van der Waals surface area contributed by atoms with Crippen LogP contribution in [0.5, 0.6) is 0 Å². The molecule has 0 spiro atoms. The topological polar surface area (TPSA) is 98.8 Å². The summed E-state index contributed by atoms with van der Waals surface area (Å²) in [6.07, 6.45) is 2.64. The lowest BCUT2D eigenvalue weighted by Crippen LogP contribution is -2.27. The van der Waals surface area contributed by atoms with E-state index < -0.39 is 0 Å². The minimum atomic E-state index is -0.0978. The van der Waals surface area contributed by atoms with Crippen LogP contribution in [0, 0.1) is 13.8 Å². The first-order valence-corrected chi connectivity index (χ1v) is 11.3. The number of hydrogen-bond acceptors (Lipinski definition) is 7. The predicted molar refractivity (Wildman–Crippen MR) is 130 cm³/mol. The number of anilines is 2. The number of fused-ring (bicyclic) bond motifs is 1. The lowest BCUT2D eigenvalue weighted by molar-refractivity contribution is 0.0948. The summed E-state index contributed by atoms with van der Waals surface area (Å²) < 4.78 is 0. The second kappa shape index (κ2) is 9.46. The lowest BCUT2D eigenvalue weighted by Gasteiger charge is -2.09. The Morgan fingerprint density at radius 2 is 2.00 bits per heavy atom. The SMILES string of the molecule is Cc1nc(-c2ccnc(Nc3ccc4[nH]c(C(=O)NCCCN(C)C)cc4c3)n2)c(C)s1. The van der Waals surface area contributed by atoms with E-state index in [1.54, 1.807) is 17.5 Å². The molecule has 0 saturated carbocycles.